The highest BCUT2D eigenvalue weighted by molar-refractivity contribution is 5.81. The summed E-state index contributed by atoms with van der Waals surface area (Å²) in [4.78, 5) is 14.0. The van der Waals surface area contributed by atoms with E-state index >= 15 is 0 Å². The lowest BCUT2D eigenvalue weighted by molar-refractivity contribution is -0.129. The van der Waals surface area contributed by atoms with Crippen LogP contribution in [0.25, 0.3) is 0 Å². The van der Waals surface area contributed by atoms with Crippen molar-refractivity contribution < 1.29 is 4.79 Å². The number of rotatable bonds is 1. The van der Waals surface area contributed by atoms with Crippen LogP contribution in [0.4, 0.5) is 0 Å². The zero-order valence-corrected chi connectivity index (χ0v) is 9.76. The Balaban J connectivity index is 2.35. The molecular weight excluding hydrogens is 176 g/mol. The molecule has 3 heteroatoms. The molecule has 82 valence electrons. The van der Waals surface area contributed by atoms with Gasteiger partial charge in [-0.15, -0.1) is 0 Å². The molecule has 0 aromatic heterocycles. The van der Waals surface area contributed by atoms with Crippen LogP contribution in [0.15, 0.2) is 0 Å². The van der Waals surface area contributed by atoms with Crippen LogP contribution in [0.3, 0.4) is 0 Å². The Morgan fingerprint density at radius 2 is 1.79 bits per heavy atom. The Morgan fingerprint density at radius 3 is 2.21 bits per heavy atom. The molecule has 0 bridgehead atoms. The van der Waals surface area contributed by atoms with Crippen LogP contribution in [0.1, 0.15) is 33.6 Å². The van der Waals surface area contributed by atoms with Crippen molar-refractivity contribution in [2.75, 3.05) is 20.1 Å². The second-order valence-corrected chi connectivity index (χ2v) is 5.30. The molecule has 0 saturated carbocycles. The van der Waals surface area contributed by atoms with Gasteiger partial charge in [-0.05, 0) is 33.0 Å². The molecule has 3 nitrogen and oxygen atoms in total. The highest BCUT2D eigenvalue weighted by atomic mass is 16.2. The average molecular weight is 198 g/mol. The number of piperidine rings is 1. The molecular formula is C11H22N2O. The fourth-order valence-corrected chi connectivity index (χ4v) is 1.55. The first kappa shape index (κ1) is 11.5. The predicted octanol–water partition coefficient (Wildman–Crippen LogP) is 1.24. The number of likely N-dealkylation sites (tertiary alicyclic amines) is 1. The maximum Gasteiger partial charge on any atom is 0.225 e. The fourth-order valence-electron chi connectivity index (χ4n) is 1.55. The Morgan fingerprint density at radius 1 is 1.29 bits per heavy atom. The largest absolute Gasteiger partial charge is 0.353 e. The summed E-state index contributed by atoms with van der Waals surface area (Å²) in [7, 11) is 2.13. The first-order chi connectivity index (χ1) is 6.39. The van der Waals surface area contributed by atoms with Crippen molar-refractivity contribution in [3.05, 3.63) is 0 Å². The van der Waals surface area contributed by atoms with Crippen LogP contribution >= 0.6 is 0 Å². The maximum atomic E-state index is 11.7. The fraction of sp³-hybridized carbons (Fsp3) is 0.909. The van der Waals surface area contributed by atoms with E-state index in [0.29, 0.717) is 6.04 Å². The smallest absolute Gasteiger partial charge is 0.225 e. The van der Waals surface area contributed by atoms with Crippen LogP contribution in [-0.2, 0) is 4.79 Å². The summed E-state index contributed by atoms with van der Waals surface area (Å²) < 4.78 is 0. The Hall–Kier alpha value is -0.570. The quantitative estimate of drug-likeness (QED) is 0.687. The van der Waals surface area contributed by atoms with Crippen molar-refractivity contribution in [3.8, 4) is 0 Å². The SMILES string of the molecule is CN1CCC(NC(=O)C(C)(C)C)CC1. The first-order valence-electron chi connectivity index (χ1n) is 5.39. The summed E-state index contributed by atoms with van der Waals surface area (Å²) in [5.41, 5.74) is -0.261. The van der Waals surface area contributed by atoms with Crippen molar-refractivity contribution in [1.29, 1.82) is 0 Å². The standard InChI is InChI=1S/C11H22N2O/c1-11(2,3)10(14)12-9-5-7-13(4)8-6-9/h9H,5-8H2,1-4H3,(H,12,14). The van der Waals surface area contributed by atoms with Gasteiger partial charge in [0.15, 0.2) is 0 Å². The summed E-state index contributed by atoms with van der Waals surface area (Å²) in [5.74, 6) is 0.173. The van der Waals surface area contributed by atoms with E-state index in [1.54, 1.807) is 0 Å². The molecule has 1 N–H and O–H groups in total. The van der Waals surface area contributed by atoms with E-state index in [0.717, 1.165) is 25.9 Å². The third-order valence-corrected chi connectivity index (χ3v) is 2.73. The molecule has 1 rings (SSSR count). The molecule has 1 heterocycles. The van der Waals surface area contributed by atoms with Gasteiger partial charge < -0.3 is 10.2 Å². The maximum absolute atomic E-state index is 11.7. The van der Waals surface area contributed by atoms with E-state index in [4.69, 9.17) is 0 Å². The molecule has 1 saturated heterocycles. The molecule has 0 aliphatic carbocycles. The van der Waals surface area contributed by atoms with Crippen molar-refractivity contribution in [1.82, 2.24) is 10.2 Å². The minimum Gasteiger partial charge on any atom is -0.353 e. The lowest BCUT2D eigenvalue weighted by Crippen LogP contribution is -2.46. The van der Waals surface area contributed by atoms with Gasteiger partial charge in [-0.1, -0.05) is 20.8 Å². The van der Waals surface area contributed by atoms with Crippen LogP contribution in [0, 0.1) is 5.41 Å². The van der Waals surface area contributed by atoms with Crippen LogP contribution < -0.4 is 5.32 Å². The molecule has 1 aliphatic rings. The summed E-state index contributed by atoms with van der Waals surface area (Å²) in [6.07, 6.45) is 2.16. The molecule has 0 atom stereocenters. The first-order valence-corrected chi connectivity index (χ1v) is 5.39. The number of amides is 1. The summed E-state index contributed by atoms with van der Waals surface area (Å²) in [6, 6.07) is 0.387. The number of nitrogens with one attached hydrogen (secondary N) is 1. The normalized spacial score (nSPS) is 20.9. The molecule has 14 heavy (non-hydrogen) atoms. The third-order valence-electron chi connectivity index (χ3n) is 2.73. The Bertz CT molecular complexity index is 200. The van der Waals surface area contributed by atoms with Crippen molar-refractivity contribution in [3.63, 3.8) is 0 Å². The van der Waals surface area contributed by atoms with Crippen LogP contribution in [0.2, 0.25) is 0 Å². The zero-order chi connectivity index (χ0) is 10.8. The van der Waals surface area contributed by atoms with Crippen molar-refractivity contribution in [2.24, 2.45) is 5.41 Å². The molecule has 1 amide bonds. The number of carbonyl (C=O) groups is 1. The molecule has 1 fully saturated rings. The van der Waals surface area contributed by atoms with E-state index in [9.17, 15) is 4.79 Å². The Kier molecular flexibility index (Phi) is 3.53. The molecule has 0 radical (unpaired) electrons. The molecule has 0 aromatic carbocycles. The molecule has 1 aliphatic heterocycles. The van der Waals surface area contributed by atoms with Gasteiger partial charge in [-0.25, -0.2) is 0 Å². The van der Waals surface area contributed by atoms with Gasteiger partial charge >= 0.3 is 0 Å². The highest BCUT2D eigenvalue weighted by Crippen LogP contribution is 2.15. The van der Waals surface area contributed by atoms with E-state index in [-0.39, 0.29) is 11.3 Å². The number of nitrogens with zero attached hydrogens (tertiary/aromatic N) is 1. The summed E-state index contributed by atoms with van der Waals surface area (Å²) in [5, 5.41) is 3.11. The number of hydrogen-bond acceptors (Lipinski definition) is 2. The third kappa shape index (κ3) is 3.29. The van der Waals surface area contributed by atoms with E-state index < -0.39 is 0 Å². The van der Waals surface area contributed by atoms with Gasteiger partial charge in [0.1, 0.15) is 0 Å². The number of carbonyl (C=O) groups excluding carboxylic acids is 1. The van der Waals surface area contributed by atoms with E-state index in [1.165, 1.54) is 0 Å². The monoisotopic (exact) mass is 198 g/mol. The lowest BCUT2D eigenvalue weighted by atomic mass is 9.94. The Labute approximate surface area is 86.9 Å². The molecule has 0 aromatic rings. The average Bonchev–Trinajstić information content (AvgIpc) is 2.07. The van der Waals surface area contributed by atoms with Crippen molar-refractivity contribution >= 4 is 5.91 Å². The van der Waals surface area contributed by atoms with Gasteiger partial charge in [0.2, 0.25) is 5.91 Å². The zero-order valence-electron chi connectivity index (χ0n) is 9.76. The van der Waals surface area contributed by atoms with Gasteiger partial charge in [-0.2, -0.15) is 0 Å². The van der Waals surface area contributed by atoms with Gasteiger partial charge in [0.25, 0.3) is 0 Å². The second kappa shape index (κ2) is 4.30. The van der Waals surface area contributed by atoms with Gasteiger partial charge in [0.05, 0.1) is 0 Å². The highest BCUT2D eigenvalue weighted by Gasteiger charge is 2.25. The lowest BCUT2D eigenvalue weighted by Gasteiger charge is -2.31. The number of hydrogen-bond donors (Lipinski definition) is 1. The minimum absolute atomic E-state index is 0.173. The van der Waals surface area contributed by atoms with E-state index in [2.05, 4.69) is 17.3 Å². The summed E-state index contributed by atoms with van der Waals surface area (Å²) >= 11 is 0. The van der Waals surface area contributed by atoms with Crippen molar-refractivity contribution in [2.45, 2.75) is 39.7 Å². The topological polar surface area (TPSA) is 32.3 Å². The van der Waals surface area contributed by atoms with Gasteiger partial charge in [-0.3, -0.25) is 4.79 Å². The van der Waals surface area contributed by atoms with Crippen LogP contribution in [0.5, 0.6) is 0 Å². The summed E-state index contributed by atoms with van der Waals surface area (Å²) in [6.45, 7) is 8.05. The molecule has 0 unspecified atom stereocenters. The molecule has 0 spiro atoms. The van der Waals surface area contributed by atoms with E-state index in [1.807, 2.05) is 20.8 Å². The minimum atomic E-state index is -0.261. The predicted molar refractivity (Wildman–Crippen MR) is 58.1 cm³/mol. The van der Waals surface area contributed by atoms with Crippen LogP contribution in [-0.4, -0.2) is 37.0 Å². The second-order valence-electron chi connectivity index (χ2n) is 5.30. The van der Waals surface area contributed by atoms with Gasteiger partial charge in [0, 0.05) is 11.5 Å².